The van der Waals surface area contributed by atoms with E-state index in [1.807, 2.05) is 36.4 Å². The Labute approximate surface area is 193 Å². The lowest BCUT2D eigenvalue weighted by Gasteiger charge is -2.09. The second kappa shape index (κ2) is 9.88. The smallest absolute Gasteiger partial charge is 0.230 e. The zero-order chi connectivity index (χ0) is 22.5. The summed E-state index contributed by atoms with van der Waals surface area (Å²) < 4.78 is 12.3. The second-order valence-electron chi connectivity index (χ2n) is 6.73. The van der Waals surface area contributed by atoms with Crippen molar-refractivity contribution in [2.75, 3.05) is 20.0 Å². The number of nitrogens with zero attached hydrogens (tertiary/aromatic N) is 4. The number of hydrogen-bond donors (Lipinski definition) is 1. The van der Waals surface area contributed by atoms with Crippen LogP contribution in [0.5, 0.6) is 11.5 Å². The topological polar surface area (TPSA) is 90.6 Å². The average molecular weight is 470 g/mol. The number of methoxy groups -OCH3 is 2. The lowest BCUT2D eigenvalue weighted by Crippen LogP contribution is -2.24. The van der Waals surface area contributed by atoms with E-state index in [9.17, 15) is 4.79 Å². The quantitative estimate of drug-likeness (QED) is 0.392. The molecule has 0 saturated heterocycles. The Bertz CT molecular complexity index is 1250. The summed E-state index contributed by atoms with van der Waals surface area (Å²) in [7, 11) is 3.16. The molecule has 8 nitrogen and oxygen atoms in total. The summed E-state index contributed by atoms with van der Waals surface area (Å²) >= 11 is 7.22. The average Bonchev–Trinajstić information content (AvgIpc) is 3.25. The van der Waals surface area contributed by atoms with Crippen LogP contribution in [0, 0.1) is 0 Å². The van der Waals surface area contributed by atoms with Crippen molar-refractivity contribution in [3.05, 3.63) is 65.2 Å². The predicted molar refractivity (Wildman–Crippen MR) is 123 cm³/mol. The van der Waals surface area contributed by atoms with Crippen LogP contribution >= 0.6 is 23.4 Å². The SMILES string of the molecule is COc1ccc(-c2nnc3ccc(SCC(=O)NCc4ccc(Cl)cc4)nn23)cc1OC. The Hall–Kier alpha value is -3.30. The van der Waals surface area contributed by atoms with E-state index in [-0.39, 0.29) is 11.7 Å². The summed E-state index contributed by atoms with van der Waals surface area (Å²) in [6.07, 6.45) is 0. The molecule has 164 valence electrons. The fourth-order valence-corrected chi connectivity index (χ4v) is 3.81. The molecule has 4 rings (SSSR count). The molecule has 0 aliphatic carbocycles. The van der Waals surface area contributed by atoms with Gasteiger partial charge in [-0.2, -0.15) is 9.61 Å². The maximum absolute atomic E-state index is 12.2. The molecular weight excluding hydrogens is 450 g/mol. The first-order chi connectivity index (χ1) is 15.6. The van der Waals surface area contributed by atoms with Gasteiger partial charge in [-0.1, -0.05) is 35.5 Å². The largest absolute Gasteiger partial charge is 0.493 e. The minimum absolute atomic E-state index is 0.0873. The number of amides is 1. The van der Waals surface area contributed by atoms with Gasteiger partial charge in [-0.3, -0.25) is 4.79 Å². The number of carbonyl (C=O) groups is 1. The van der Waals surface area contributed by atoms with Gasteiger partial charge in [0.15, 0.2) is 23.0 Å². The van der Waals surface area contributed by atoms with Gasteiger partial charge in [-0.05, 0) is 48.0 Å². The van der Waals surface area contributed by atoms with Gasteiger partial charge in [0.1, 0.15) is 5.03 Å². The summed E-state index contributed by atoms with van der Waals surface area (Å²) in [6.45, 7) is 0.442. The number of carbonyl (C=O) groups excluding carboxylic acids is 1. The van der Waals surface area contributed by atoms with Crippen molar-refractivity contribution in [3.63, 3.8) is 0 Å². The Morgan fingerprint density at radius 2 is 1.81 bits per heavy atom. The van der Waals surface area contributed by atoms with E-state index in [1.54, 1.807) is 36.9 Å². The predicted octanol–water partition coefficient (Wildman–Crippen LogP) is 3.87. The third-order valence-corrected chi connectivity index (χ3v) is 5.81. The molecule has 2 heterocycles. The van der Waals surface area contributed by atoms with E-state index in [2.05, 4.69) is 20.6 Å². The number of hydrogen-bond acceptors (Lipinski definition) is 7. The highest BCUT2D eigenvalue weighted by atomic mass is 35.5. The summed E-state index contributed by atoms with van der Waals surface area (Å²) in [5.41, 5.74) is 2.37. The highest BCUT2D eigenvalue weighted by Gasteiger charge is 2.14. The first kappa shape index (κ1) is 21.9. The number of aromatic nitrogens is 4. The Kier molecular flexibility index (Phi) is 6.77. The highest BCUT2D eigenvalue weighted by Crippen LogP contribution is 2.31. The van der Waals surface area contributed by atoms with E-state index in [1.165, 1.54) is 11.8 Å². The molecule has 0 spiro atoms. The third kappa shape index (κ3) is 4.95. The van der Waals surface area contributed by atoms with Gasteiger partial charge in [0.25, 0.3) is 0 Å². The standard InChI is InChI=1S/C22H20ClN5O3S/c1-30-17-8-5-15(11-18(17)31-2)22-26-25-19-9-10-21(27-28(19)22)32-13-20(29)24-12-14-3-6-16(23)7-4-14/h3-11H,12-13H2,1-2H3,(H,24,29). The summed E-state index contributed by atoms with van der Waals surface area (Å²) in [5, 5.41) is 17.3. The maximum atomic E-state index is 12.2. The van der Waals surface area contributed by atoms with Crippen LogP contribution in [-0.4, -0.2) is 45.7 Å². The van der Waals surface area contributed by atoms with Gasteiger partial charge in [-0.25, -0.2) is 0 Å². The molecule has 0 unspecified atom stereocenters. The Morgan fingerprint density at radius 3 is 2.56 bits per heavy atom. The molecule has 0 atom stereocenters. The van der Waals surface area contributed by atoms with Crippen LogP contribution < -0.4 is 14.8 Å². The first-order valence-electron chi connectivity index (χ1n) is 9.66. The fraction of sp³-hybridized carbons (Fsp3) is 0.182. The molecule has 1 amide bonds. The molecule has 2 aromatic carbocycles. The van der Waals surface area contributed by atoms with Crippen molar-refractivity contribution >= 4 is 34.9 Å². The molecular formula is C22H20ClN5O3S. The van der Waals surface area contributed by atoms with E-state index in [0.29, 0.717) is 39.6 Å². The van der Waals surface area contributed by atoms with Crippen LogP contribution in [0.25, 0.3) is 17.0 Å². The molecule has 0 bridgehead atoms. The number of fused-ring (bicyclic) bond motifs is 1. The zero-order valence-electron chi connectivity index (χ0n) is 17.4. The second-order valence-corrected chi connectivity index (χ2v) is 8.16. The molecule has 0 fully saturated rings. The minimum Gasteiger partial charge on any atom is -0.493 e. The van der Waals surface area contributed by atoms with Crippen molar-refractivity contribution in [1.29, 1.82) is 0 Å². The van der Waals surface area contributed by atoms with Crippen LogP contribution in [0.4, 0.5) is 0 Å². The highest BCUT2D eigenvalue weighted by molar-refractivity contribution is 7.99. The minimum atomic E-state index is -0.0873. The lowest BCUT2D eigenvalue weighted by atomic mass is 10.2. The van der Waals surface area contributed by atoms with Crippen LogP contribution in [0.15, 0.2) is 59.6 Å². The first-order valence-corrected chi connectivity index (χ1v) is 11.0. The van der Waals surface area contributed by atoms with Crippen molar-refractivity contribution in [2.45, 2.75) is 11.6 Å². The molecule has 0 aliphatic rings. The van der Waals surface area contributed by atoms with E-state index < -0.39 is 0 Å². The number of ether oxygens (including phenoxy) is 2. The van der Waals surface area contributed by atoms with Gasteiger partial charge >= 0.3 is 0 Å². The van der Waals surface area contributed by atoms with E-state index >= 15 is 0 Å². The molecule has 4 aromatic rings. The Balaban J connectivity index is 1.45. The van der Waals surface area contributed by atoms with Gasteiger partial charge in [-0.15, -0.1) is 10.2 Å². The van der Waals surface area contributed by atoms with Crippen molar-refractivity contribution in [1.82, 2.24) is 25.1 Å². The zero-order valence-corrected chi connectivity index (χ0v) is 19.0. The fourth-order valence-electron chi connectivity index (χ4n) is 3.00. The molecule has 0 aliphatic heterocycles. The van der Waals surface area contributed by atoms with Crippen LogP contribution in [0.1, 0.15) is 5.56 Å². The number of nitrogens with one attached hydrogen (secondary N) is 1. The van der Waals surface area contributed by atoms with Crippen LogP contribution in [0.2, 0.25) is 5.02 Å². The lowest BCUT2D eigenvalue weighted by molar-refractivity contribution is -0.118. The normalized spacial score (nSPS) is 10.8. The monoisotopic (exact) mass is 469 g/mol. The molecule has 2 aromatic heterocycles. The van der Waals surface area contributed by atoms with Gasteiger partial charge in [0.2, 0.25) is 5.91 Å². The number of halogens is 1. The maximum Gasteiger partial charge on any atom is 0.230 e. The summed E-state index contributed by atoms with van der Waals surface area (Å²) in [6, 6.07) is 16.5. The van der Waals surface area contributed by atoms with Crippen LogP contribution in [-0.2, 0) is 11.3 Å². The number of benzene rings is 2. The Morgan fingerprint density at radius 1 is 1.03 bits per heavy atom. The number of thioether (sulfide) groups is 1. The van der Waals surface area contributed by atoms with Crippen LogP contribution in [0.3, 0.4) is 0 Å². The van der Waals surface area contributed by atoms with Crippen molar-refractivity contribution < 1.29 is 14.3 Å². The van der Waals surface area contributed by atoms with Gasteiger partial charge < -0.3 is 14.8 Å². The van der Waals surface area contributed by atoms with Gasteiger partial charge in [0.05, 0.1) is 20.0 Å². The van der Waals surface area contributed by atoms with E-state index in [0.717, 1.165) is 11.1 Å². The summed E-state index contributed by atoms with van der Waals surface area (Å²) in [4.78, 5) is 12.2. The molecule has 32 heavy (non-hydrogen) atoms. The molecule has 10 heteroatoms. The number of rotatable bonds is 8. The van der Waals surface area contributed by atoms with Crippen molar-refractivity contribution in [2.24, 2.45) is 0 Å². The summed E-state index contributed by atoms with van der Waals surface area (Å²) in [5.74, 6) is 1.93. The third-order valence-electron chi connectivity index (χ3n) is 4.63. The van der Waals surface area contributed by atoms with E-state index in [4.69, 9.17) is 21.1 Å². The molecule has 1 N–H and O–H groups in total. The van der Waals surface area contributed by atoms with Crippen molar-refractivity contribution in [3.8, 4) is 22.9 Å². The van der Waals surface area contributed by atoms with Gasteiger partial charge in [0, 0.05) is 17.1 Å². The molecule has 0 radical (unpaired) electrons. The molecule has 0 saturated carbocycles.